The first-order valence-corrected chi connectivity index (χ1v) is 14.6. The number of hydrogen-bond donors (Lipinski definition) is 1. The van der Waals surface area contributed by atoms with Crippen LogP contribution >= 0.6 is 47.5 Å². The molecule has 2 aromatic rings. The number of ether oxygens (including phenoxy) is 2. The number of nitrogens with two attached hydrogens (primary N) is 1. The fraction of sp³-hybridized carbons (Fsp3) is 0.407. The second-order valence-electron chi connectivity index (χ2n) is 8.00. The number of carbonyl (C=O) groups excluding carboxylic acids is 2. The Hall–Kier alpha value is -2.22. The first-order valence-electron chi connectivity index (χ1n) is 11.4. The number of aliphatic imine (C=N–C) groups is 1. The van der Waals surface area contributed by atoms with E-state index in [9.17, 15) is 9.59 Å². The topological polar surface area (TPSA) is 95.3 Å². The third kappa shape index (κ3) is 13.0. The Morgan fingerprint density at radius 3 is 2.34 bits per heavy atom. The molecule has 208 valence electrons. The zero-order valence-corrected chi connectivity index (χ0v) is 25.2. The van der Waals surface area contributed by atoms with Gasteiger partial charge in [0.15, 0.2) is 5.69 Å². The van der Waals surface area contributed by atoms with Gasteiger partial charge in [-0.15, -0.1) is 12.4 Å². The highest BCUT2D eigenvalue weighted by Gasteiger charge is 2.34. The molecule has 2 N–H and O–H groups in total. The van der Waals surface area contributed by atoms with Crippen LogP contribution in [0.25, 0.3) is 4.85 Å². The smallest absolute Gasteiger partial charge is 0.330 e. The van der Waals surface area contributed by atoms with Gasteiger partial charge in [-0.3, -0.25) is 9.79 Å². The zero-order chi connectivity index (χ0) is 27.7. The molecule has 0 saturated heterocycles. The number of esters is 2. The fourth-order valence-corrected chi connectivity index (χ4v) is 4.35. The van der Waals surface area contributed by atoms with Crippen molar-refractivity contribution in [2.75, 3.05) is 38.2 Å². The van der Waals surface area contributed by atoms with Crippen LogP contribution in [0.4, 0.5) is 5.69 Å². The van der Waals surface area contributed by atoms with Crippen LogP contribution in [0.3, 0.4) is 0 Å². The molecule has 2 unspecified atom stereocenters. The molecule has 0 aliphatic heterocycles. The summed E-state index contributed by atoms with van der Waals surface area (Å²) >= 11 is 9.12. The Bertz CT molecular complexity index is 1070. The van der Waals surface area contributed by atoms with Crippen molar-refractivity contribution in [1.29, 1.82) is 0 Å². The van der Waals surface area contributed by atoms with Gasteiger partial charge in [-0.1, -0.05) is 53.6 Å². The van der Waals surface area contributed by atoms with Gasteiger partial charge in [0.05, 0.1) is 20.8 Å². The van der Waals surface area contributed by atoms with Crippen LogP contribution in [0.1, 0.15) is 24.0 Å². The van der Waals surface area contributed by atoms with Crippen LogP contribution in [0, 0.1) is 6.57 Å². The average Bonchev–Trinajstić information content (AvgIpc) is 2.92. The quantitative estimate of drug-likeness (QED) is 0.185. The molecule has 38 heavy (non-hydrogen) atoms. The summed E-state index contributed by atoms with van der Waals surface area (Å²) in [7, 11) is 2.73. The van der Waals surface area contributed by atoms with Crippen LogP contribution < -0.4 is 5.73 Å². The van der Waals surface area contributed by atoms with E-state index >= 15 is 0 Å². The van der Waals surface area contributed by atoms with Crippen molar-refractivity contribution >= 4 is 71.4 Å². The number of thioether (sulfide) groups is 2. The summed E-state index contributed by atoms with van der Waals surface area (Å²) in [5.41, 5.74) is 7.51. The van der Waals surface area contributed by atoms with Crippen molar-refractivity contribution in [1.82, 2.24) is 0 Å². The van der Waals surface area contributed by atoms with Crippen LogP contribution in [-0.4, -0.2) is 68.0 Å². The van der Waals surface area contributed by atoms with E-state index in [2.05, 4.69) is 9.84 Å². The van der Waals surface area contributed by atoms with Crippen LogP contribution in [-0.2, 0) is 25.5 Å². The van der Waals surface area contributed by atoms with Gasteiger partial charge in [0, 0.05) is 11.2 Å². The summed E-state index contributed by atoms with van der Waals surface area (Å²) in [4.78, 5) is 31.1. The predicted molar refractivity (Wildman–Crippen MR) is 163 cm³/mol. The maximum Gasteiger partial charge on any atom is 0.330 e. The van der Waals surface area contributed by atoms with Gasteiger partial charge in [-0.2, -0.15) is 23.5 Å². The molecule has 0 aliphatic rings. The van der Waals surface area contributed by atoms with E-state index in [0.717, 1.165) is 22.6 Å². The van der Waals surface area contributed by atoms with E-state index < -0.39 is 17.6 Å². The van der Waals surface area contributed by atoms with E-state index in [-0.39, 0.29) is 18.4 Å². The minimum Gasteiger partial charge on any atom is -0.468 e. The molecular formula is C27H35Cl2N3O4S2. The van der Waals surface area contributed by atoms with Gasteiger partial charge < -0.3 is 15.2 Å². The van der Waals surface area contributed by atoms with Gasteiger partial charge in [0.25, 0.3) is 0 Å². The minimum atomic E-state index is -1.03. The Labute approximate surface area is 245 Å². The van der Waals surface area contributed by atoms with E-state index in [0.29, 0.717) is 30.0 Å². The number of rotatable bonds is 12. The highest BCUT2D eigenvalue weighted by Crippen LogP contribution is 2.22. The minimum absolute atomic E-state index is 0. The Kier molecular flexibility index (Phi) is 18.6. The summed E-state index contributed by atoms with van der Waals surface area (Å²) in [6.07, 6.45) is 7.25. The Morgan fingerprint density at radius 1 is 1.13 bits per heavy atom. The lowest BCUT2D eigenvalue weighted by Crippen LogP contribution is -2.51. The van der Waals surface area contributed by atoms with Crippen molar-refractivity contribution in [3.63, 3.8) is 0 Å². The molecule has 11 heteroatoms. The summed E-state index contributed by atoms with van der Waals surface area (Å²) in [6.45, 7) is 7.00. The summed E-state index contributed by atoms with van der Waals surface area (Å²) in [6, 6.07) is 14.0. The van der Waals surface area contributed by atoms with E-state index in [1.165, 1.54) is 14.2 Å². The number of hydrogen-bond acceptors (Lipinski definition) is 8. The first-order chi connectivity index (χ1) is 17.7. The fourth-order valence-electron chi connectivity index (χ4n) is 3.19. The van der Waals surface area contributed by atoms with E-state index in [1.807, 2.05) is 30.7 Å². The zero-order valence-electron chi connectivity index (χ0n) is 22.0. The van der Waals surface area contributed by atoms with Gasteiger partial charge >= 0.3 is 11.9 Å². The molecule has 0 saturated carbocycles. The Balaban J connectivity index is 0.000000703. The van der Waals surface area contributed by atoms with Gasteiger partial charge in [-0.05, 0) is 61.0 Å². The lowest BCUT2D eigenvalue weighted by molar-refractivity contribution is -0.147. The van der Waals surface area contributed by atoms with Crippen LogP contribution in [0.2, 0.25) is 5.02 Å². The second kappa shape index (κ2) is 19.8. The molecule has 2 rings (SSSR count). The number of nitrogens with zero attached hydrogens (tertiary/aromatic N) is 2. The van der Waals surface area contributed by atoms with Gasteiger partial charge in [-0.25, -0.2) is 9.64 Å². The third-order valence-electron chi connectivity index (χ3n) is 5.25. The molecule has 0 bridgehead atoms. The third-order valence-corrected chi connectivity index (χ3v) is 6.75. The van der Waals surface area contributed by atoms with Gasteiger partial charge in [0.1, 0.15) is 11.6 Å². The van der Waals surface area contributed by atoms with Crippen molar-refractivity contribution in [3.8, 4) is 0 Å². The van der Waals surface area contributed by atoms with Crippen LogP contribution in [0.15, 0.2) is 53.5 Å². The number of benzene rings is 2. The maximum atomic E-state index is 11.9. The number of halogens is 2. The monoisotopic (exact) mass is 599 g/mol. The lowest BCUT2D eigenvalue weighted by Gasteiger charge is -2.26. The molecule has 0 fully saturated rings. The first kappa shape index (κ1) is 35.8. The molecule has 0 aromatic heterocycles. The largest absolute Gasteiger partial charge is 0.468 e. The van der Waals surface area contributed by atoms with Crippen molar-refractivity contribution < 1.29 is 19.1 Å². The lowest BCUT2D eigenvalue weighted by atomic mass is 9.89. The second-order valence-corrected chi connectivity index (χ2v) is 10.4. The van der Waals surface area contributed by atoms with Crippen molar-refractivity contribution in [2.45, 2.75) is 30.8 Å². The SMILES string of the molecule is COC(=O)C(CCSC)N=Cc1ccc(Cl)cc1.Cl.[C-]#[N+]c1cccc(CC(N)(CCSC)C(=O)OC)c1. The number of methoxy groups -OCH3 is 2. The molecule has 0 aliphatic carbocycles. The molecular weight excluding hydrogens is 565 g/mol. The maximum absolute atomic E-state index is 11.9. The summed E-state index contributed by atoms with van der Waals surface area (Å²) in [5, 5.41) is 0.680. The molecule has 0 spiro atoms. The van der Waals surface area contributed by atoms with Crippen LogP contribution in [0.5, 0.6) is 0 Å². The molecule has 0 radical (unpaired) electrons. The molecule has 2 atom stereocenters. The molecule has 0 heterocycles. The summed E-state index contributed by atoms with van der Waals surface area (Å²) < 4.78 is 9.54. The highest BCUT2D eigenvalue weighted by atomic mass is 35.5. The Morgan fingerprint density at radius 2 is 1.79 bits per heavy atom. The molecule has 7 nitrogen and oxygen atoms in total. The number of carbonyl (C=O) groups is 2. The van der Waals surface area contributed by atoms with E-state index in [1.54, 1.807) is 60.1 Å². The highest BCUT2D eigenvalue weighted by molar-refractivity contribution is 7.98. The summed E-state index contributed by atoms with van der Waals surface area (Å²) in [5.74, 6) is 0.954. The van der Waals surface area contributed by atoms with E-state index in [4.69, 9.17) is 33.4 Å². The average molecular weight is 601 g/mol. The standard InChI is InChI=1S/C14H18N2O2S.C13H16ClNO2S.ClH/c1-16-12-6-4-5-11(9-12)10-14(15,7-8-19-3)13(17)18-2;1-17-13(16)12(7-8-18-2)15-9-10-3-5-11(14)6-4-10;/h4-6,9H,7-8,10,15H2,2-3H3;3-6,9,12H,7-8H2,1-2H3;1H. The van der Waals surface area contributed by atoms with Gasteiger partial charge in [0.2, 0.25) is 0 Å². The van der Waals surface area contributed by atoms with Crippen molar-refractivity contribution in [2.24, 2.45) is 10.7 Å². The normalized spacial score (nSPS) is 12.7. The van der Waals surface area contributed by atoms with Crippen molar-refractivity contribution in [3.05, 3.63) is 76.1 Å². The predicted octanol–water partition coefficient (Wildman–Crippen LogP) is 5.88. The molecule has 0 amide bonds. The molecule has 2 aromatic carbocycles.